The Balaban J connectivity index is 1.77. The number of imidazole rings is 1. The average molecular weight is 442 g/mol. The van der Waals surface area contributed by atoms with Crippen LogP contribution in [0, 0.1) is 17.0 Å². The number of nitro groups is 1. The van der Waals surface area contributed by atoms with Gasteiger partial charge >= 0.3 is 0 Å². The Morgan fingerprint density at radius 1 is 1.24 bits per heavy atom. The van der Waals surface area contributed by atoms with Crippen molar-refractivity contribution >= 4 is 33.2 Å². The molecule has 1 amide bonds. The predicted molar refractivity (Wildman–Crippen MR) is 105 cm³/mol. The highest BCUT2D eigenvalue weighted by atomic mass is 35.5. The van der Waals surface area contributed by atoms with Gasteiger partial charge < -0.3 is 9.47 Å². The van der Waals surface area contributed by atoms with Crippen molar-refractivity contribution in [3.05, 3.63) is 50.9 Å². The van der Waals surface area contributed by atoms with Crippen LogP contribution in [-0.2, 0) is 17.1 Å². The number of sulfonamides is 1. The van der Waals surface area contributed by atoms with Gasteiger partial charge in [0.25, 0.3) is 21.6 Å². The van der Waals surface area contributed by atoms with Crippen LogP contribution in [0.15, 0.2) is 29.4 Å². The average Bonchev–Trinajstić information content (AvgIpc) is 2.87. The van der Waals surface area contributed by atoms with E-state index in [4.69, 9.17) is 11.6 Å². The summed E-state index contributed by atoms with van der Waals surface area (Å²) in [6, 6.07) is 3.87. The largest absolute Gasteiger partial charge is 0.337 e. The summed E-state index contributed by atoms with van der Waals surface area (Å²) in [5.41, 5.74) is -0.208. The Hall–Kier alpha value is -2.50. The van der Waals surface area contributed by atoms with Gasteiger partial charge in [0.1, 0.15) is 10.8 Å². The van der Waals surface area contributed by atoms with Gasteiger partial charge in [0.15, 0.2) is 5.03 Å². The third-order valence-corrected chi connectivity index (χ3v) is 6.91. The lowest BCUT2D eigenvalue weighted by Crippen LogP contribution is -2.37. The van der Waals surface area contributed by atoms with E-state index in [-0.39, 0.29) is 40.9 Å². The lowest BCUT2D eigenvalue weighted by molar-refractivity contribution is -0.384. The number of benzene rings is 1. The lowest BCUT2D eigenvalue weighted by atomic mass is 10.1. The number of amides is 1. The molecule has 2 aromatic rings. The van der Waals surface area contributed by atoms with Gasteiger partial charge in [0, 0.05) is 51.1 Å². The van der Waals surface area contributed by atoms with Crippen LogP contribution >= 0.6 is 11.6 Å². The maximum absolute atomic E-state index is 12.9. The van der Waals surface area contributed by atoms with Crippen molar-refractivity contribution in [2.45, 2.75) is 18.4 Å². The molecule has 1 fully saturated rings. The molecule has 1 aliphatic rings. The Kier molecular flexibility index (Phi) is 5.92. The third-order valence-electron chi connectivity index (χ3n) is 4.82. The molecule has 156 valence electrons. The van der Waals surface area contributed by atoms with Gasteiger partial charge in [-0.05, 0) is 25.5 Å². The second-order valence-corrected chi connectivity index (χ2v) is 9.00. The number of nitro benzene ring substituents is 1. The normalized spacial score (nSPS) is 15.9. The number of carbonyl (C=O) groups is 1. The smallest absolute Gasteiger partial charge is 0.288 e. The van der Waals surface area contributed by atoms with Crippen LogP contribution in [0.4, 0.5) is 5.69 Å². The predicted octanol–water partition coefficient (Wildman–Crippen LogP) is 1.83. The first-order valence-electron chi connectivity index (χ1n) is 8.84. The summed E-state index contributed by atoms with van der Waals surface area (Å²) in [6.45, 7) is 2.58. The summed E-state index contributed by atoms with van der Waals surface area (Å²) in [5.74, 6) is 0.178. The molecule has 1 saturated heterocycles. The molecule has 0 N–H and O–H groups in total. The standard InChI is InChI=1S/C17H20ClN5O5S/c1-12-19-16(11-20(12)2)29(27,28)22-7-3-6-21(8-9-22)17(24)13-4-5-14(18)15(10-13)23(25)26/h4-5,10-11H,3,6-9H2,1-2H3. The molecule has 1 aromatic heterocycles. The van der Waals surface area contributed by atoms with Gasteiger partial charge in [-0.2, -0.15) is 4.31 Å². The summed E-state index contributed by atoms with van der Waals surface area (Å²) >= 11 is 5.80. The fourth-order valence-corrected chi connectivity index (χ4v) is 4.77. The lowest BCUT2D eigenvalue weighted by Gasteiger charge is -2.21. The van der Waals surface area contributed by atoms with E-state index in [1.165, 1.54) is 27.5 Å². The monoisotopic (exact) mass is 441 g/mol. The third kappa shape index (κ3) is 4.26. The highest BCUT2D eigenvalue weighted by Crippen LogP contribution is 2.26. The SMILES string of the molecule is Cc1nc(S(=O)(=O)N2CCCN(C(=O)c3ccc(Cl)c([N+](=O)[O-])c3)CC2)cn1C. The van der Waals surface area contributed by atoms with Gasteiger partial charge in [-0.3, -0.25) is 14.9 Å². The first kappa shape index (κ1) is 21.2. The molecular weight excluding hydrogens is 422 g/mol. The number of hydrogen-bond donors (Lipinski definition) is 0. The van der Waals surface area contributed by atoms with Crippen molar-refractivity contribution in [3.63, 3.8) is 0 Å². The first-order valence-corrected chi connectivity index (χ1v) is 10.7. The number of carbonyl (C=O) groups excluding carboxylic acids is 1. The maximum atomic E-state index is 12.9. The maximum Gasteiger partial charge on any atom is 0.288 e. The van der Waals surface area contributed by atoms with E-state index >= 15 is 0 Å². The zero-order valence-electron chi connectivity index (χ0n) is 15.9. The van der Waals surface area contributed by atoms with Crippen molar-refractivity contribution in [1.82, 2.24) is 18.8 Å². The molecule has 1 aliphatic heterocycles. The molecule has 10 nitrogen and oxygen atoms in total. The molecule has 0 unspecified atom stereocenters. The topological polar surface area (TPSA) is 119 Å². The highest BCUT2D eigenvalue weighted by molar-refractivity contribution is 7.89. The van der Waals surface area contributed by atoms with Gasteiger partial charge in [0.05, 0.1) is 4.92 Å². The van der Waals surface area contributed by atoms with E-state index in [2.05, 4.69) is 4.98 Å². The first-order chi connectivity index (χ1) is 13.6. The van der Waals surface area contributed by atoms with E-state index < -0.39 is 20.9 Å². The summed E-state index contributed by atoms with van der Waals surface area (Å²) in [4.78, 5) is 28.8. The Morgan fingerprint density at radius 2 is 1.97 bits per heavy atom. The Bertz CT molecular complexity index is 1050. The molecule has 0 bridgehead atoms. The van der Waals surface area contributed by atoms with E-state index in [1.54, 1.807) is 18.5 Å². The van der Waals surface area contributed by atoms with Gasteiger partial charge in [-0.15, -0.1) is 0 Å². The van der Waals surface area contributed by atoms with Crippen LogP contribution in [0.2, 0.25) is 5.02 Å². The van der Waals surface area contributed by atoms with Gasteiger partial charge in [-0.1, -0.05) is 11.6 Å². The van der Waals surface area contributed by atoms with E-state index in [9.17, 15) is 23.3 Å². The minimum atomic E-state index is -3.77. The fraction of sp³-hybridized carbons (Fsp3) is 0.412. The summed E-state index contributed by atoms with van der Waals surface area (Å²) in [6.07, 6.45) is 1.90. The second kappa shape index (κ2) is 8.09. The van der Waals surface area contributed by atoms with Crippen LogP contribution in [0.3, 0.4) is 0 Å². The summed E-state index contributed by atoms with van der Waals surface area (Å²) in [5, 5.41) is 11.0. The number of rotatable bonds is 4. The molecule has 0 saturated carbocycles. The summed E-state index contributed by atoms with van der Waals surface area (Å²) in [7, 11) is -2.05. The zero-order chi connectivity index (χ0) is 21.3. The van der Waals surface area contributed by atoms with Crippen molar-refractivity contribution in [2.75, 3.05) is 26.2 Å². The van der Waals surface area contributed by atoms with Crippen molar-refractivity contribution in [2.24, 2.45) is 7.05 Å². The van der Waals surface area contributed by atoms with E-state index in [0.29, 0.717) is 18.8 Å². The number of hydrogen-bond acceptors (Lipinski definition) is 6. The molecule has 0 aliphatic carbocycles. The summed E-state index contributed by atoms with van der Waals surface area (Å²) < 4.78 is 28.7. The molecule has 0 radical (unpaired) electrons. The van der Waals surface area contributed by atoms with Crippen LogP contribution < -0.4 is 0 Å². The molecule has 0 spiro atoms. The van der Waals surface area contributed by atoms with Crippen LogP contribution in [0.25, 0.3) is 0 Å². The molecule has 0 atom stereocenters. The fourth-order valence-electron chi connectivity index (χ4n) is 3.09. The minimum absolute atomic E-state index is 0.0226. The number of aromatic nitrogens is 2. The van der Waals surface area contributed by atoms with Gasteiger partial charge in [-0.25, -0.2) is 13.4 Å². The molecule has 1 aromatic carbocycles. The quantitative estimate of drug-likeness (QED) is 0.527. The van der Waals surface area contributed by atoms with Gasteiger partial charge in [0.2, 0.25) is 0 Å². The van der Waals surface area contributed by atoms with Crippen LogP contribution in [-0.4, -0.2) is 64.2 Å². The van der Waals surface area contributed by atoms with Crippen molar-refractivity contribution < 1.29 is 18.1 Å². The van der Waals surface area contributed by atoms with Crippen LogP contribution in [0.5, 0.6) is 0 Å². The number of aryl methyl sites for hydroxylation is 2. The zero-order valence-corrected chi connectivity index (χ0v) is 17.5. The van der Waals surface area contributed by atoms with E-state index in [1.807, 2.05) is 0 Å². The molecular formula is C17H20ClN5O5S. The van der Waals surface area contributed by atoms with Crippen molar-refractivity contribution in [1.29, 1.82) is 0 Å². The molecule has 29 heavy (non-hydrogen) atoms. The Labute approximate surface area is 172 Å². The Morgan fingerprint density at radius 3 is 2.59 bits per heavy atom. The van der Waals surface area contributed by atoms with Crippen molar-refractivity contribution in [3.8, 4) is 0 Å². The molecule has 3 rings (SSSR count). The number of nitrogens with zero attached hydrogens (tertiary/aromatic N) is 5. The second-order valence-electron chi connectivity index (χ2n) is 6.71. The minimum Gasteiger partial charge on any atom is -0.337 e. The highest BCUT2D eigenvalue weighted by Gasteiger charge is 2.31. The molecule has 12 heteroatoms. The van der Waals surface area contributed by atoms with E-state index in [0.717, 1.165) is 6.07 Å². The van der Waals surface area contributed by atoms with Crippen LogP contribution in [0.1, 0.15) is 22.6 Å². The molecule has 2 heterocycles. The number of halogens is 1.